The maximum Gasteiger partial charge on any atom is 0.332 e. The first-order chi connectivity index (χ1) is 12.8. The maximum atomic E-state index is 13.1. The number of ether oxygens (including phenoxy) is 2. The lowest BCUT2D eigenvalue weighted by Crippen LogP contribution is -2.44. The van der Waals surface area contributed by atoms with Crippen LogP contribution in [0.4, 0.5) is 0 Å². The lowest BCUT2D eigenvalue weighted by atomic mass is 9.94. The largest absolute Gasteiger partial charge is 0.383 e. The molecular formula is C18H25N3O5S. The molecule has 3 heterocycles. The van der Waals surface area contributed by atoms with Gasteiger partial charge in [-0.2, -0.15) is 0 Å². The first-order valence-corrected chi connectivity index (χ1v) is 9.78. The second-order valence-electron chi connectivity index (χ2n) is 7.17. The summed E-state index contributed by atoms with van der Waals surface area (Å²) < 4.78 is 13.3. The molecule has 0 atom stereocenters. The van der Waals surface area contributed by atoms with Crippen molar-refractivity contribution in [2.24, 2.45) is 0 Å². The SMILES string of the molecule is CCn1c(=O)n(CC(=O)NCCOC)c(=O)c2c3c(sc21)COC(C)(C)C3. The highest BCUT2D eigenvalue weighted by atomic mass is 32.1. The normalized spacial score (nSPS) is 15.7. The summed E-state index contributed by atoms with van der Waals surface area (Å²) in [5.74, 6) is -0.388. The molecule has 0 spiro atoms. The first kappa shape index (κ1) is 19.8. The van der Waals surface area contributed by atoms with E-state index in [2.05, 4.69) is 5.32 Å². The van der Waals surface area contributed by atoms with E-state index in [0.29, 0.717) is 42.9 Å². The van der Waals surface area contributed by atoms with Gasteiger partial charge in [-0.15, -0.1) is 11.3 Å². The van der Waals surface area contributed by atoms with Crippen LogP contribution in [-0.4, -0.2) is 40.9 Å². The number of methoxy groups -OCH3 is 1. The molecule has 0 unspecified atom stereocenters. The van der Waals surface area contributed by atoms with Gasteiger partial charge in [0, 0.05) is 31.5 Å². The van der Waals surface area contributed by atoms with Crippen LogP contribution in [0.3, 0.4) is 0 Å². The third-order valence-corrected chi connectivity index (χ3v) is 5.91. The summed E-state index contributed by atoms with van der Waals surface area (Å²) in [7, 11) is 1.54. The molecule has 0 saturated carbocycles. The van der Waals surface area contributed by atoms with Gasteiger partial charge >= 0.3 is 5.69 Å². The molecule has 2 aromatic heterocycles. The molecule has 1 aliphatic heterocycles. The number of rotatable bonds is 6. The van der Waals surface area contributed by atoms with Crippen molar-refractivity contribution in [2.75, 3.05) is 20.3 Å². The number of aromatic nitrogens is 2. The van der Waals surface area contributed by atoms with Crippen molar-refractivity contribution in [3.8, 4) is 0 Å². The van der Waals surface area contributed by atoms with E-state index in [1.807, 2.05) is 20.8 Å². The van der Waals surface area contributed by atoms with Gasteiger partial charge in [0.1, 0.15) is 11.4 Å². The van der Waals surface area contributed by atoms with Crippen molar-refractivity contribution >= 4 is 27.5 Å². The summed E-state index contributed by atoms with van der Waals surface area (Å²) in [4.78, 5) is 39.8. The standard InChI is InChI=1S/C18H25N3O5S/c1-5-20-16-14(11-8-18(2,3)26-10-12(11)27-16)15(23)21(17(20)24)9-13(22)19-6-7-25-4/h5-10H2,1-4H3,(H,19,22). The fourth-order valence-corrected chi connectivity index (χ4v) is 4.59. The van der Waals surface area contributed by atoms with Gasteiger partial charge in [0.2, 0.25) is 5.91 Å². The van der Waals surface area contributed by atoms with Gasteiger partial charge in [0.25, 0.3) is 5.56 Å². The fraction of sp³-hybridized carbons (Fsp3) is 0.611. The molecule has 1 aliphatic rings. The van der Waals surface area contributed by atoms with Crippen LogP contribution >= 0.6 is 11.3 Å². The van der Waals surface area contributed by atoms with Gasteiger partial charge in [0.05, 0.1) is 24.2 Å². The zero-order chi connectivity index (χ0) is 19.8. The first-order valence-electron chi connectivity index (χ1n) is 8.96. The van der Waals surface area contributed by atoms with Crippen LogP contribution < -0.4 is 16.6 Å². The minimum absolute atomic E-state index is 0.304. The van der Waals surface area contributed by atoms with Gasteiger partial charge in [-0.25, -0.2) is 4.79 Å². The summed E-state index contributed by atoms with van der Waals surface area (Å²) in [5.41, 5.74) is -0.303. The van der Waals surface area contributed by atoms with E-state index in [-0.39, 0.29) is 18.1 Å². The van der Waals surface area contributed by atoms with Crippen LogP contribution in [0.25, 0.3) is 10.2 Å². The molecule has 0 aromatic carbocycles. The van der Waals surface area contributed by atoms with E-state index in [1.54, 1.807) is 4.57 Å². The van der Waals surface area contributed by atoms with Gasteiger partial charge in [-0.3, -0.25) is 18.7 Å². The van der Waals surface area contributed by atoms with Crippen LogP contribution in [0.15, 0.2) is 9.59 Å². The Morgan fingerprint density at radius 1 is 1.33 bits per heavy atom. The number of nitrogens with one attached hydrogen (secondary N) is 1. The Morgan fingerprint density at radius 2 is 2.07 bits per heavy atom. The highest BCUT2D eigenvalue weighted by Gasteiger charge is 2.31. The minimum Gasteiger partial charge on any atom is -0.383 e. The molecule has 27 heavy (non-hydrogen) atoms. The average molecular weight is 395 g/mol. The number of hydrogen-bond acceptors (Lipinski definition) is 6. The monoisotopic (exact) mass is 395 g/mol. The van der Waals surface area contributed by atoms with E-state index in [1.165, 1.54) is 18.4 Å². The fourth-order valence-electron chi connectivity index (χ4n) is 3.31. The lowest BCUT2D eigenvalue weighted by molar-refractivity contribution is -0.122. The van der Waals surface area contributed by atoms with E-state index in [0.717, 1.165) is 15.0 Å². The molecule has 9 heteroatoms. The summed E-state index contributed by atoms with van der Waals surface area (Å²) in [5, 5.41) is 3.19. The molecular weight excluding hydrogens is 370 g/mol. The Labute approximate surface area is 160 Å². The van der Waals surface area contributed by atoms with E-state index >= 15 is 0 Å². The van der Waals surface area contributed by atoms with Gasteiger partial charge in [0.15, 0.2) is 0 Å². The number of fused-ring (bicyclic) bond motifs is 3. The van der Waals surface area contributed by atoms with Crippen molar-refractivity contribution in [1.82, 2.24) is 14.5 Å². The zero-order valence-corrected chi connectivity index (χ0v) is 16.9. The second-order valence-corrected chi connectivity index (χ2v) is 8.25. The summed E-state index contributed by atoms with van der Waals surface area (Å²) in [6.07, 6.45) is 0.597. The number of hydrogen-bond donors (Lipinski definition) is 1. The molecule has 0 fully saturated rings. The average Bonchev–Trinajstić information content (AvgIpc) is 2.96. The molecule has 0 bridgehead atoms. The predicted molar refractivity (Wildman–Crippen MR) is 103 cm³/mol. The molecule has 2 aromatic rings. The summed E-state index contributed by atoms with van der Waals surface area (Å²) in [6, 6.07) is 0. The van der Waals surface area contributed by atoms with E-state index in [4.69, 9.17) is 9.47 Å². The minimum atomic E-state index is -0.462. The molecule has 0 saturated heterocycles. The highest BCUT2D eigenvalue weighted by Crippen LogP contribution is 2.37. The third-order valence-electron chi connectivity index (χ3n) is 4.68. The van der Waals surface area contributed by atoms with Crippen molar-refractivity contribution in [3.63, 3.8) is 0 Å². The Morgan fingerprint density at radius 3 is 2.74 bits per heavy atom. The molecule has 1 N–H and O–H groups in total. The summed E-state index contributed by atoms with van der Waals surface area (Å²) >= 11 is 1.43. The number of carbonyl (C=O) groups excluding carboxylic acids is 1. The van der Waals surface area contributed by atoms with Crippen LogP contribution in [-0.2, 0) is 40.4 Å². The lowest BCUT2D eigenvalue weighted by Gasteiger charge is -2.29. The van der Waals surface area contributed by atoms with Gasteiger partial charge < -0.3 is 14.8 Å². The topological polar surface area (TPSA) is 91.6 Å². The van der Waals surface area contributed by atoms with Crippen LogP contribution in [0.5, 0.6) is 0 Å². The Bertz CT molecular complexity index is 986. The smallest absolute Gasteiger partial charge is 0.332 e. The molecule has 0 aliphatic carbocycles. The number of aryl methyl sites for hydroxylation is 1. The number of thiophene rings is 1. The molecule has 3 rings (SSSR count). The molecule has 1 amide bonds. The predicted octanol–water partition coefficient (Wildman–Crippen LogP) is 0.858. The highest BCUT2D eigenvalue weighted by molar-refractivity contribution is 7.18. The van der Waals surface area contributed by atoms with Gasteiger partial charge in [-0.05, 0) is 26.3 Å². The second kappa shape index (κ2) is 7.57. The van der Waals surface area contributed by atoms with Gasteiger partial charge in [-0.1, -0.05) is 0 Å². The van der Waals surface area contributed by atoms with Crippen molar-refractivity contribution in [1.29, 1.82) is 0 Å². The van der Waals surface area contributed by atoms with Crippen LogP contribution in [0, 0.1) is 0 Å². The van der Waals surface area contributed by atoms with E-state index < -0.39 is 11.2 Å². The third kappa shape index (κ3) is 3.71. The van der Waals surface area contributed by atoms with Crippen LogP contribution in [0.2, 0.25) is 0 Å². The Kier molecular flexibility index (Phi) is 5.55. The van der Waals surface area contributed by atoms with Crippen LogP contribution in [0.1, 0.15) is 31.2 Å². The quantitative estimate of drug-likeness (QED) is 0.733. The number of amides is 1. The van der Waals surface area contributed by atoms with Crippen molar-refractivity contribution in [2.45, 2.75) is 52.5 Å². The Hall–Kier alpha value is -1.97. The van der Waals surface area contributed by atoms with Crippen molar-refractivity contribution in [3.05, 3.63) is 31.3 Å². The molecule has 148 valence electrons. The maximum absolute atomic E-state index is 13.1. The Balaban J connectivity index is 2.11. The molecule has 0 radical (unpaired) electrons. The number of carbonyl (C=O) groups is 1. The number of nitrogens with zero attached hydrogens (tertiary/aromatic N) is 2. The summed E-state index contributed by atoms with van der Waals surface area (Å²) in [6.45, 7) is 7.06. The van der Waals surface area contributed by atoms with E-state index in [9.17, 15) is 14.4 Å². The molecule has 8 nitrogen and oxygen atoms in total. The van der Waals surface area contributed by atoms with Crippen molar-refractivity contribution < 1.29 is 14.3 Å². The zero-order valence-electron chi connectivity index (χ0n) is 16.1.